The first-order valence-corrected chi connectivity index (χ1v) is 12.1. The molecule has 0 amide bonds. The van der Waals surface area contributed by atoms with Crippen molar-refractivity contribution in [2.24, 2.45) is 4.99 Å². The average molecular weight is 543 g/mol. The van der Waals surface area contributed by atoms with Gasteiger partial charge in [0.2, 0.25) is 0 Å². The molecule has 2 fully saturated rings. The Balaban J connectivity index is 0.00000341. The SMILES string of the molecule is CCCN1CCC(NC(=NCCCN2CCN(c3ccccc3)CC2)NCC)CC1.I. The number of para-hydroxylation sites is 1. The van der Waals surface area contributed by atoms with Gasteiger partial charge in [-0.3, -0.25) is 9.89 Å². The molecular formula is C24H43IN6. The first-order chi connectivity index (χ1) is 14.8. The van der Waals surface area contributed by atoms with Gasteiger partial charge in [-0.15, -0.1) is 24.0 Å². The van der Waals surface area contributed by atoms with Gasteiger partial charge >= 0.3 is 0 Å². The van der Waals surface area contributed by atoms with Crippen LogP contribution in [0.3, 0.4) is 0 Å². The topological polar surface area (TPSA) is 46.1 Å². The molecule has 0 aliphatic carbocycles. The highest BCUT2D eigenvalue weighted by Gasteiger charge is 2.19. The van der Waals surface area contributed by atoms with E-state index in [2.05, 4.69) is 69.5 Å². The number of halogens is 1. The third-order valence-corrected chi connectivity index (χ3v) is 6.21. The number of piperidine rings is 1. The van der Waals surface area contributed by atoms with Gasteiger partial charge in [0, 0.05) is 70.6 Å². The van der Waals surface area contributed by atoms with Gasteiger partial charge in [0.25, 0.3) is 0 Å². The number of hydrogen-bond donors (Lipinski definition) is 2. The average Bonchev–Trinajstić information content (AvgIpc) is 2.79. The highest BCUT2D eigenvalue weighted by molar-refractivity contribution is 14.0. The Labute approximate surface area is 206 Å². The van der Waals surface area contributed by atoms with Gasteiger partial charge in [-0.1, -0.05) is 25.1 Å². The van der Waals surface area contributed by atoms with Crippen LogP contribution < -0.4 is 15.5 Å². The summed E-state index contributed by atoms with van der Waals surface area (Å²) in [5, 5.41) is 7.11. The molecule has 1 aromatic carbocycles. The summed E-state index contributed by atoms with van der Waals surface area (Å²) in [4.78, 5) is 12.5. The van der Waals surface area contributed by atoms with Crippen molar-refractivity contribution >= 4 is 35.6 Å². The van der Waals surface area contributed by atoms with Crippen LogP contribution in [0.4, 0.5) is 5.69 Å². The molecule has 0 atom stereocenters. The highest BCUT2D eigenvalue weighted by atomic mass is 127. The Hall–Kier alpha value is -1.06. The molecule has 6 nitrogen and oxygen atoms in total. The number of likely N-dealkylation sites (tertiary alicyclic amines) is 1. The van der Waals surface area contributed by atoms with Crippen molar-refractivity contribution < 1.29 is 0 Å². The van der Waals surface area contributed by atoms with Crippen LogP contribution in [0.1, 0.15) is 39.5 Å². The molecule has 0 unspecified atom stereocenters. The zero-order valence-electron chi connectivity index (χ0n) is 19.6. The molecule has 2 N–H and O–H groups in total. The van der Waals surface area contributed by atoms with Crippen LogP contribution in [0.5, 0.6) is 0 Å². The molecule has 0 bridgehead atoms. The molecule has 1 aromatic rings. The number of benzene rings is 1. The molecule has 2 heterocycles. The maximum Gasteiger partial charge on any atom is 0.191 e. The maximum atomic E-state index is 4.85. The number of anilines is 1. The molecule has 2 saturated heterocycles. The molecule has 0 radical (unpaired) electrons. The largest absolute Gasteiger partial charge is 0.369 e. The van der Waals surface area contributed by atoms with Gasteiger partial charge in [-0.2, -0.15) is 0 Å². The van der Waals surface area contributed by atoms with Gasteiger partial charge in [-0.25, -0.2) is 0 Å². The fourth-order valence-electron chi connectivity index (χ4n) is 4.48. The molecule has 3 rings (SSSR count). The van der Waals surface area contributed by atoms with E-state index in [1.165, 1.54) is 44.6 Å². The van der Waals surface area contributed by atoms with E-state index < -0.39 is 0 Å². The third kappa shape index (κ3) is 9.14. The summed E-state index contributed by atoms with van der Waals surface area (Å²) in [6.45, 7) is 15.5. The number of nitrogens with one attached hydrogen (secondary N) is 2. The smallest absolute Gasteiger partial charge is 0.191 e. The van der Waals surface area contributed by atoms with E-state index in [0.717, 1.165) is 58.2 Å². The molecule has 176 valence electrons. The lowest BCUT2D eigenvalue weighted by molar-refractivity contribution is 0.206. The number of guanidine groups is 1. The van der Waals surface area contributed by atoms with Gasteiger partial charge < -0.3 is 20.4 Å². The van der Waals surface area contributed by atoms with Crippen molar-refractivity contribution in [3.8, 4) is 0 Å². The molecule has 31 heavy (non-hydrogen) atoms. The first kappa shape index (κ1) is 26.2. The Morgan fingerprint density at radius 2 is 1.61 bits per heavy atom. The summed E-state index contributed by atoms with van der Waals surface area (Å²) >= 11 is 0. The van der Waals surface area contributed by atoms with Gasteiger partial charge in [0.05, 0.1) is 0 Å². The summed E-state index contributed by atoms with van der Waals surface area (Å²) < 4.78 is 0. The van der Waals surface area contributed by atoms with Crippen LogP contribution in [0.15, 0.2) is 35.3 Å². The lowest BCUT2D eigenvalue weighted by Crippen LogP contribution is -2.49. The van der Waals surface area contributed by atoms with E-state index in [-0.39, 0.29) is 24.0 Å². The minimum absolute atomic E-state index is 0. The number of rotatable bonds is 9. The van der Waals surface area contributed by atoms with Crippen molar-refractivity contribution in [3.05, 3.63) is 30.3 Å². The zero-order valence-corrected chi connectivity index (χ0v) is 21.9. The highest BCUT2D eigenvalue weighted by Crippen LogP contribution is 2.15. The van der Waals surface area contributed by atoms with E-state index in [0.29, 0.717) is 6.04 Å². The maximum absolute atomic E-state index is 4.85. The minimum atomic E-state index is 0. The fourth-order valence-corrected chi connectivity index (χ4v) is 4.48. The van der Waals surface area contributed by atoms with Crippen LogP contribution in [0.25, 0.3) is 0 Å². The molecule has 0 spiro atoms. The Kier molecular flexibility index (Phi) is 12.6. The molecular weight excluding hydrogens is 499 g/mol. The summed E-state index contributed by atoms with van der Waals surface area (Å²) in [5.74, 6) is 1.00. The van der Waals surface area contributed by atoms with Crippen LogP contribution in [-0.4, -0.2) is 87.2 Å². The van der Waals surface area contributed by atoms with E-state index in [1.807, 2.05) is 0 Å². The Morgan fingerprint density at radius 1 is 0.935 bits per heavy atom. The van der Waals surface area contributed by atoms with E-state index in [4.69, 9.17) is 4.99 Å². The van der Waals surface area contributed by atoms with Crippen molar-refractivity contribution in [1.82, 2.24) is 20.4 Å². The number of hydrogen-bond acceptors (Lipinski definition) is 4. The van der Waals surface area contributed by atoms with Gasteiger partial charge in [0.15, 0.2) is 5.96 Å². The number of piperazine rings is 1. The standard InChI is InChI=1S/C24H42N6.HI/c1-3-14-28-16-11-22(12-17-28)27-24(25-4-2)26-13-8-15-29-18-20-30(21-19-29)23-9-6-5-7-10-23;/h5-7,9-10,22H,3-4,8,11-21H2,1-2H3,(H2,25,26,27);1H. The van der Waals surface area contributed by atoms with Crippen LogP contribution >= 0.6 is 24.0 Å². The second kappa shape index (κ2) is 14.9. The van der Waals surface area contributed by atoms with Crippen molar-refractivity contribution in [1.29, 1.82) is 0 Å². The second-order valence-electron chi connectivity index (χ2n) is 8.54. The zero-order chi connectivity index (χ0) is 21.0. The normalized spacial score (nSPS) is 19.2. The molecule has 2 aliphatic rings. The summed E-state index contributed by atoms with van der Waals surface area (Å²) in [6, 6.07) is 11.3. The molecule has 0 saturated carbocycles. The fraction of sp³-hybridized carbons (Fsp3) is 0.708. The number of nitrogens with zero attached hydrogens (tertiary/aromatic N) is 4. The van der Waals surface area contributed by atoms with Crippen LogP contribution in [0.2, 0.25) is 0 Å². The van der Waals surface area contributed by atoms with Crippen LogP contribution in [0, 0.1) is 0 Å². The van der Waals surface area contributed by atoms with Crippen molar-refractivity contribution in [2.75, 3.05) is 70.3 Å². The van der Waals surface area contributed by atoms with Gasteiger partial charge in [0.1, 0.15) is 0 Å². The van der Waals surface area contributed by atoms with Crippen molar-refractivity contribution in [3.63, 3.8) is 0 Å². The molecule has 7 heteroatoms. The minimum Gasteiger partial charge on any atom is -0.369 e. The predicted octanol–water partition coefficient (Wildman–Crippen LogP) is 3.25. The summed E-state index contributed by atoms with van der Waals surface area (Å²) in [6.07, 6.45) is 4.81. The van der Waals surface area contributed by atoms with Crippen molar-refractivity contribution in [2.45, 2.75) is 45.6 Å². The number of aliphatic imine (C=N–C) groups is 1. The van der Waals surface area contributed by atoms with E-state index >= 15 is 0 Å². The predicted molar refractivity (Wildman–Crippen MR) is 144 cm³/mol. The molecule has 2 aliphatic heterocycles. The Morgan fingerprint density at radius 3 is 2.26 bits per heavy atom. The lowest BCUT2D eigenvalue weighted by Gasteiger charge is -2.36. The second-order valence-corrected chi connectivity index (χ2v) is 8.54. The molecule has 0 aromatic heterocycles. The van der Waals surface area contributed by atoms with Gasteiger partial charge in [-0.05, 0) is 51.3 Å². The summed E-state index contributed by atoms with van der Waals surface area (Å²) in [5.41, 5.74) is 1.35. The Bertz CT molecular complexity index is 610. The third-order valence-electron chi connectivity index (χ3n) is 6.21. The van der Waals surface area contributed by atoms with E-state index in [1.54, 1.807) is 0 Å². The van der Waals surface area contributed by atoms with E-state index in [9.17, 15) is 0 Å². The van der Waals surface area contributed by atoms with Crippen LogP contribution in [-0.2, 0) is 0 Å². The monoisotopic (exact) mass is 542 g/mol. The quantitative estimate of drug-likeness (QED) is 0.217. The summed E-state index contributed by atoms with van der Waals surface area (Å²) in [7, 11) is 0. The lowest BCUT2D eigenvalue weighted by atomic mass is 10.1. The first-order valence-electron chi connectivity index (χ1n) is 12.1.